The molecule has 0 fully saturated rings. The molecule has 2 aromatic carbocycles. The molecule has 24 heavy (non-hydrogen) atoms. The van der Waals surface area contributed by atoms with Crippen LogP contribution in [0.5, 0.6) is 5.75 Å². The maximum absolute atomic E-state index is 12.1. The Morgan fingerprint density at radius 2 is 1.96 bits per heavy atom. The quantitative estimate of drug-likeness (QED) is 0.690. The molecule has 0 spiro atoms. The number of thioether (sulfide) groups is 1. The molecule has 5 nitrogen and oxygen atoms in total. The molecule has 0 aliphatic rings. The number of methoxy groups -OCH3 is 1. The van der Waals surface area contributed by atoms with E-state index in [1.54, 1.807) is 7.11 Å². The van der Waals surface area contributed by atoms with Crippen LogP contribution in [-0.2, 0) is 4.79 Å². The third-order valence-corrected chi connectivity index (χ3v) is 4.39. The minimum absolute atomic E-state index is 0.0527. The van der Waals surface area contributed by atoms with Crippen LogP contribution in [-0.4, -0.2) is 28.7 Å². The van der Waals surface area contributed by atoms with Crippen molar-refractivity contribution in [2.45, 2.75) is 19.0 Å². The fraction of sp³-hybridized carbons (Fsp3) is 0.222. The number of carbonyl (C=O) groups excluding carboxylic acids is 1. The lowest BCUT2D eigenvalue weighted by Crippen LogP contribution is -2.14. The van der Waals surface area contributed by atoms with Crippen LogP contribution in [0.3, 0.4) is 0 Å². The number of imidazole rings is 1. The number of nitrogens with one attached hydrogen (secondary N) is 2. The summed E-state index contributed by atoms with van der Waals surface area (Å²) in [6.07, 6.45) is 0. The van der Waals surface area contributed by atoms with Crippen LogP contribution >= 0.6 is 11.8 Å². The predicted octanol–water partition coefficient (Wildman–Crippen LogP) is 3.92. The van der Waals surface area contributed by atoms with Crippen molar-refractivity contribution in [1.29, 1.82) is 0 Å². The number of amides is 1. The molecule has 0 unspecified atom stereocenters. The number of fused-ring (bicyclic) bond motifs is 1. The Morgan fingerprint density at radius 3 is 2.67 bits per heavy atom. The number of ether oxygens (including phenoxy) is 1. The summed E-state index contributed by atoms with van der Waals surface area (Å²) in [7, 11) is 1.63. The van der Waals surface area contributed by atoms with Crippen LogP contribution < -0.4 is 10.1 Å². The lowest BCUT2D eigenvalue weighted by molar-refractivity contribution is -0.113. The van der Waals surface area contributed by atoms with Crippen molar-refractivity contribution >= 4 is 34.4 Å². The van der Waals surface area contributed by atoms with E-state index >= 15 is 0 Å². The summed E-state index contributed by atoms with van der Waals surface area (Å²) in [4.78, 5) is 19.8. The van der Waals surface area contributed by atoms with Gasteiger partial charge in [-0.2, -0.15) is 0 Å². The molecule has 1 aromatic heterocycles. The average Bonchev–Trinajstić information content (AvgIpc) is 2.93. The molecule has 124 valence electrons. The molecule has 6 heteroatoms. The van der Waals surface area contributed by atoms with E-state index < -0.39 is 0 Å². The Hall–Kier alpha value is -2.47. The molecule has 3 rings (SSSR count). The molecule has 2 N–H and O–H groups in total. The molecule has 3 aromatic rings. The Balaban J connectivity index is 1.63. The van der Waals surface area contributed by atoms with Gasteiger partial charge >= 0.3 is 0 Å². The first kappa shape index (κ1) is 16.4. The number of H-pyrrole nitrogens is 1. The summed E-state index contributed by atoms with van der Waals surface area (Å²) >= 11 is 1.38. The van der Waals surface area contributed by atoms with Gasteiger partial charge in [0.1, 0.15) is 5.75 Å². The van der Waals surface area contributed by atoms with Gasteiger partial charge in [0.2, 0.25) is 5.91 Å². The van der Waals surface area contributed by atoms with E-state index in [4.69, 9.17) is 4.74 Å². The van der Waals surface area contributed by atoms with Crippen LogP contribution in [0.4, 0.5) is 5.69 Å². The Labute approximate surface area is 144 Å². The standard InChI is InChI=1S/C18H19N3O2S/c1-11-6-12(2)8-13(7-11)19-17(22)10-24-18-20-15-5-4-14(23-3)9-16(15)21-18/h4-9H,10H2,1-3H3,(H,19,22)(H,20,21). The number of carbonyl (C=O) groups is 1. The van der Waals surface area contributed by atoms with Gasteiger partial charge < -0.3 is 15.0 Å². The van der Waals surface area contributed by atoms with E-state index in [1.165, 1.54) is 11.8 Å². The van der Waals surface area contributed by atoms with Gasteiger partial charge in [0.25, 0.3) is 0 Å². The minimum atomic E-state index is -0.0527. The van der Waals surface area contributed by atoms with Crippen molar-refractivity contribution in [3.63, 3.8) is 0 Å². The monoisotopic (exact) mass is 341 g/mol. The van der Waals surface area contributed by atoms with E-state index in [0.717, 1.165) is 33.6 Å². The smallest absolute Gasteiger partial charge is 0.234 e. The maximum Gasteiger partial charge on any atom is 0.234 e. The van der Waals surface area contributed by atoms with Crippen LogP contribution in [0, 0.1) is 13.8 Å². The molecule has 0 aliphatic heterocycles. The number of nitrogens with zero attached hydrogens (tertiary/aromatic N) is 1. The molecule has 0 bridgehead atoms. The van der Waals surface area contributed by atoms with Crippen molar-refractivity contribution in [3.8, 4) is 5.75 Å². The topological polar surface area (TPSA) is 67.0 Å². The van der Waals surface area contributed by atoms with Crippen molar-refractivity contribution in [3.05, 3.63) is 47.5 Å². The lowest BCUT2D eigenvalue weighted by Gasteiger charge is -2.06. The fourth-order valence-corrected chi connectivity index (χ4v) is 3.22. The first-order chi connectivity index (χ1) is 11.5. The Bertz CT molecular complexity index is 869. The number of hydrogen-bond donors (Lipinski definition) is 2. The van der Waals surface area contributed by atoms with Gasteiger partial charge in [-0.3, -0.25) is 4.79 Å². The number of benzene rings is 2. The van der Waals surface area contributed by atoms with Gasteiger partial charge in [0.15, 0.2) is 5.16 Å². The third kappa shape index (κ3) is 3.89. The van der Waals surface area contributed by atoms with Crippen LogP contribution in [0.15, 0.2) is 41.6 Å². The molecular weight excluding hydrogens is 322 g/mol. The number of aromatic amines is 1. The lowest BCUT2D eigenvalue weighted by atomic mass is 10.1. The Kier molecular flexibility index (Phi) is 4.76. The van der Waals surface area contributed by atoms with E-state index in [0.29, 0.717) is 10.9 Å². The van der Waals surface area contributed by atoms with Crippen molar-refractivity contribution < 1.29 is 9.53 Å². The van der Waals surface area contributed by atoms with Gasteiger partial charge in [-0.1, -0.05) is 17.8 Å². The summed E-state index contributed by atoms with van der Waals surface area (Å²) in [5.41, 5.74) is 4.83. The molecule has 0 saturated carbocycles. The van der Waals surface area contributed by atoms with E-state index in [9.17, 15) is 4.79 Å². The van der Waals surface area contributed by atoms with E-state index in [1.807, 2.05) is 44.2 Å². The number of aryl methyl sites for hydroxylation is 2. The maximum atomic E-state index is 12.1. The number of hydrogen-bond acceptors (Lipinski definition) is 4. The van der Waals surface area contributed by atoms with E-state index in [-0.39, 0.29) is 5.91 Å². The Morgan fingerprint density at radius 1 is 1.21 bits per heavy atom. The SMILES string of the molecule is COc1ccc2nc(SCC(=O)Nc3cc(C)cc(C)c3)[nH]c2c1. The largest absolute Gasteiger partial charge is 0.497 e. The predicted molar refractivity (Wildman–Crippen MR) is 97.9 cm³/mol. The van der Waals surface area contributed by atoms with E-state index in [2.05, 4.69) is 21.4 Å². The molecule has 1 heterocycles. The summed E-state index contributed by atoms with van der Waals surface area (Å²) in [6.45, 7) is 4.03. The summed E-state index contributed by atoms with van der Waals surface area (Å²) < 4.78 is 5.20. The van der Waals surface area contributed by atoms with Crippen LogP contribution in [0.2, 0.25) is 0 Å². The fourth-order valence-electron chi connectivity index (χ4n) is 2.54. The average molecular weight is 341 g/mol. The zero-order valence-corrected chi connectivity index (χ0v) is 14.7. The van der Waals surface area contributed by atoms with Crippen LogP contribution in [0.1, 0.15) is 11.1 Å². The number of anilines is 1. The summed E-state index contributed by atoms with van der Waals surface area (Å²) in [5, 5.41) is 3.64. The zero-order chi connectivity index (χ0) is 17.1. The molecule has 0 saturated heterocycles. The highest BCUT2D eigenvalue weighted by molar-refractivity contribution is 7.99. The first-order valence-corrected chi connectivity index (χ1v) is 8.57. The minimum Gasteiger partial charge on any atom is -0.497 e. The second-order valence-corrected chi connectivity index (χ2v) is 6.60. The van der Waals surface area contributed by atoms with Crippen LogP contribution in [0.25, 0.3) is 11.0 Å². The molecule has 0 atom stereocenters. The van der Waals surface area contributed by atoms with Crippen molar-refractivity contribution in [2.75, 3.05) is 18.2 Å². The number of rotatable bonds is 5. The number of aromatic nitrogens is 2. The molecular formula is C18H19N3O2S. The third-order valence-electron chi connectivity index (χ3n) is 3.51. The highest BCUT2D eigenvalue weighted by Crippen LogP contribution is 2.23. The molecule has 1 amide bonds. The highest BCUT2D eigenvalue weighted by atomic mass is 32.2. The second kappa shape index (κ2) is 6.97. The highest BCUT2D eigenvalue weighted by Gasteiger charge is 2.08. The van der Waals surface area contributed by atoms with Gasteiger partial charge in [-0.25, -0.2) is 4.98 Å². The normalized spacial score (nSPS) is 10.8. The molecule has 0 radical (unpaired) electrons. The summed E-state index contributed by atoms with van der Waals surface area (Å²) in [5.74, 6) is 1.02. The molecule has 0 aliphatic carbocycles. The van der Waals surface area contributed by atoms with Gasteiger partial charge in [0.05, 0.1) is 23.9 Å². The van der Waals surface area contributed by atoms with Gasteiger partial charge in [0, 0.05) is 11.8 Å². The van der Waals surface area contributed by atoms with Crippen molar-refractivity contribution in [2.24, 2.45) is 0 Å². The second-order valence-electron chi connectivity index (χ2n) is 5.64. The zero-order valence-electron chi connectivity index (χ0n) is 13.8. The first-order valence-electron chi connectivity index (χ1n) is 7.58. The summed E-state index contributed by atoms with van der Waals surface area (Å²) in [6, 6.07) is 11.6. The van der Waals surface area contributed by atoms with Gasteiger partial charge in [-0.05, 0) is 49.2 Å². The van der Waals surface area contributed by atoms with Crippen molar-refractivity contribution in [1.82, 2.24) is 9.97 Å². The van der Waals surface area contributed by atoms with Gasteiger partial charge in [-0.15, -0.1) is 0 Å².